The summed E-state index contributed by atoms with van der Waals surface area (Å²) in [4.78, 5) is 20.3. The number of nitrogens with one attached hydrogen (secondary N) is 1. The molecule has 1 amide bonds. The minimum absolute atomic E-state index is 0.0671. The first kappa shape index (κ1) is 21.0. The molecular formula is C11H14BrF2N2O6PS. The molecule has 2 unspecified atom stereocenters. The van der Waals surface area contributed by atoms with Crippen LogP contribution in [0.1, 0.15) is 5.56 Å². The Hall–Kier alpha value is -1.07. The van der Waals surface area contributed by atoms with Gasteiger partial charge in [0.15, 0.2) is 0 Å². The summed E-state index contributed by atoms with van der Waals surface area (Å²) >= 11 is 2.98. The number of alkyl halides is 2. The molecule has 2 atom stereocenters. The van der Waals surface area contributed by atoms with Gasteiger partial charge in [-0.05, 0) is 40.0 Å². The average Bonchev–Trinajstić information content (AvgIpc) is 2.39. The van der Waals surface area contributed by atoms with Gasteiger partial charge in [-0.25, -0.2) is 17.7 Å². The Morgan fingerprint density at radius 2 is 2.08 bits per heavy atom. The van der Waals surface area contributed by atoms with E-state index in [2.05, 4.69) is 25.2 Å². The molecule has 0 aliphatic carbocycles. The molecule has 0 radical (unpaired) electrons. The quantitative estimate of drug-likeness (QED) is 0.508. The van der Waals surface area contributed by atoms with Gasteiger partial charge in [-0.15, -0.1) is 0 Å². The number of hydrogen-bond donors (Lipinski definition) is 3. The van der Waals surface area contributed by atoms with Crippen molar-refractivity contribution in [1.29, 1.82) is 0 Å². The fourth-order valence-electron chi connectivity index (χ4n) is 1.62. The predicted molar refractivity (Wildman–Crippen MR) is 85.3 cm³/mol. The van der Waals surface area contributed by atoms with Gasteiger partial charge in [0.1, 0.15) is 11.8 Å². The van der Waals surface area contributed by atoms with E-state index in [1.165, 1.54) is 12.1 Å². The van der Waals surface area contributed by atoms with Crippen molar-refractivity contribution in [3.63, 3.8) is 0 Å². The highest BCUT2D eigenvalue weighted by atomic mass is 79.9. The molecule has 8 nitrogen and oxygen atoms in total. The summed E-state index contributed by atoms with van der Waals surface area (Å²) in [5.74, 6) is -1.22. The van der Waals surface area contributed by atoms with E-state index in [4.69, 9.17) is 10.6 Å². The molecule has 1 aromatic rings. The monoisotopic (exact) mass is 450 g/mol. The van der Waals surface area contributed by atoms with Gasteiger partial charge in [-0.3, -0.25) is 4.79 Å². The number of amides is 1. The van der Waals surface area contributed by atoms with Crippen LogP contribution in [0.25, 0.3) is 0 Å². The molecule has 0 aliphatic rings. The third kappa shape index (κ3) is 6.44. The van der Waals surface area contributed by atoms with Gasteiger partial charge in [-0.2, -0.15) is 8.78 Å². The Morgan fingerprint density at radius 1 is 1.50 bits per heavy atom. The summed E-state index contributed by atoms with van der Waals surface area (Å²) in [5.41, 5.74) is 5.52. The normalized spacial score (nSPS) is 15.8. The third-order valence-corrected chi connectivity index (χ3v) is 4.90. The SMILES string of the molecule is CS(=O)(=O)NC(Cc1ccc(OP(=O)(O)C(F)F)c(Br)c1)C(N)=O. The van der Waals surface area contributed by atoms with Gasteiger partial charge in [-0.1, -0.05) is 6.07 Å². The van der Waals surface area contributed by atoms with Gasteiger partial charge in [0.05, 0.1) is 10.7 Å². The van der Waals surface area contributed by atoms with Gasteiger partial charge in [0.25, 0.3) is 0 Å². The van der Waals surface area contributed by atoms with Crippen LogP contribution in [0.4, 0.5) is 8.78 Å². The number of rotatable bonds is 8. The van der Waals surface area contributed by atoms with Gasteiger partial charge in [0.2, 0.25) is 15.9 Å². The van der Waals surface area contributed by atoms with E-state index in [0.717, 1.165) is 12.3 Å². The molecule has 0 heterocycles. The van der Waals surface area contributed by atoms with Crippen LogP contribution in [-0.4, -0.2) is 37.7 Å². The minimum Gasteiger partial charge on any atom is -0.420 e. The second kappa shape index (κ2) is 7.87. The lowest BCUT2D eigenvalue weighted by Gasteiger charge is -2.16. The van der Waals surface area contributed by atoms with Crippen LogP contribution in [0.2, 0.25) is 0 Å². The van der Waals surface area contributed by atoms with Gasteiger partial charge < -0.3 is 15.2 Å². The van der Waals surface area contributed by atoms with Crippen molar-refractivity contribution in [3.05, 3.63) is 28.2 Å². The summed E-state index contributed by atoms with van der Waals surface area (Å²) in [5, 5.41) is 0. The van der Waals surface area contributed by atoms with Crippen molar-refractivity contribution in [2.75, 3.05) is 6.26 Å². The van der Waals surface area contributed by atoms with Crippen LogP contribution in [0.5, 0.6) is 5.75 Å². The molecule has 0 spiro atoms. The molecule has 1 rings (SSSR count). The van der Waals surface area contributed by atoms with Crippen molar-refractivity contribution < 1.29 is 36.0 Å². The van der Waals surface area contributed by atoms with Crippen molar-refractivity contribution in [2.45, 2.75) is 18.6 Å². The molecule has 0 fully saturated rings. The maximum absolute atomic E-state index is 12.4. The molecule has 1 aromatic carbocycles. The van der Waals surface area contributed by atoms with E-state index in [1.54, 1.807) is 0 Å². The van der Waals surface area contributed by atoms with Crippen molar-refractivity contribution in [3.8, 4) is 5.75 Å². The average molecular weight is 451 g/mol. The molecule has 13 heteroatoms. The van der Waals surface area contributed by atoms with E-state index in [0.29, 0.717) is 5.56 Å². The van der Waals surface area contributed by atoms with E-state index in [9.17, 15) is 26.6 Å². The first-order valence-electron chi connectivity index (χ1n) is 6.17. The highest BCUT2D eigenvalue weighted by Gasteiger charge is 2.34. The Kier molecular flexibility index (Phi) is 6.88. The van der Waals surface area contributed by atoms with Crippen LogP contribution in [0.15, 0.2) is 22.7 Å². The maximum Gasteiger partial charge on any atom is 0.442 e. The second-order valence-corrected chi connectivity index (χ2v) is 9.08. The smallest absolute Gasteiger partial charge is 0.420 e. The zero-order chi connectivity index (χ0) is 18.7. The molecular weight excluding hydrogens is 437 g/mol. The Bertz CT molecular complexity index is 776. The number of carbonyl (C=O) groups excluding carboxylic acids is 1. The molecule has 0 aliphatic heterocycles. The topological polar surface area (TPSA) is 136 Å². The number of hydrogen-bond acceptors (Lipinski definition) is 5. The maximum atomic E-state index is 12.4. The van der Waals surface area contributed by atoms with Crippen molar-refractivity contribution in [1.82, 2.24) is 4.72 Å². The van der Waals surface area contributed by atoms with Crippen LogP contribution in [0.3, 0.4) is 0 Å². The predicted octanol–water partition coefficient (Wildman–Crippen LogP) is 1.18. The first-order chi connectivity index (χ1) is 10.8. The zero-order valence-corrected chi connectivity index (χ0v) is 15.4. The number of primary amides is 1. The highest BCUT2D eigenvalue weighted by Crippen LogP contribution is 2.50. The lowest BCUT2D eigenvalue weighted by molar-refractivity contribution is -0.119. The van der Waals surface area contributed by atoms with E-state index in [-0.39, 0.29) is 16.6 Å². The highest BCUT2D eigenvalue weighted by molar-refractivity contribution is 9.10. The Balaban J connectivity index is 2.98. The number of benzene rings is 1. The van der Waals surface area contributed by atoms with Crippen LogP contribution < -0.4 is 15.0 Å². The number of sulfonamides is 1. The molecule has 0 saturated heterocycles. The minimum atomic E-state index is -5.13. The summed E-state index contributed by atoms with van der Waals surface area (Å²) in [7, 11) is -8.81. The molecule has 0 saturated carbocycles. The summed E-state index contributed by atoms with van der Waals surface area (Å²) < 4.78 is 64.8. The van der Waals surface area contributed by atoms with E-state index in [1.807, 2.05) is 0 Å². The number of halogens is 3. The standard InChI is InChI=1S/C11H14BrF2N2O6PS/c1-24(20,21)16-8(10(15)17)5-6-2-3-9(7(12)4-6)22-23(18,19)11(13)14/h2-4,8,11,16H,5H2,1H3,(H2,15,17)(H,18,19). The van der Waals surface area contributed by atoms with Crippen LogP contribution >= 0.6 is 23.5 Å². The van der Waals surface area contributed by atoms with Crippen LogP contribution in [-0.2, 0) is 25.8 Å². The number of carbonyl (C=O) groups is 1. The van der Waals surface area contributed by atoms with E-state index >= 15 is 0 Å². The summed E-state index contributed by atoms with van der Waals surface area (Å²) in [6, 6.07) is 2.54. The molecule has 136 valence electrons. The number of nitrogens with two attached hydrogens (primary N) is 1. The Labute approximate surface area is 145 Å². The fraction of sp³-hybridized carbons (Fsp3) is 0.364. The van der Waals surface area contributed by atoms with Crippen LogP contribution in [0, 0.1) is 0 Å². The second-order valence-electron chi connectivity index (χ2n) is 4.75. The molecule has 24 heavy (non-hydrogen) atoms. The lowest BCUT2D eigenvalue weighted by Crippen LogP contribution is -2.45. The van der Waals surface area contributed by atoms with Crippen molar-refractivity contribution >= 4 is 39.5 Å². The first-order valence-corrected chi connectivity index (χ1v) is 10.5. The third-order valence-electron chi connectivity index (χ3n) is 2.61. The molecule has 0 bridgehead atoms. The lowest BCUT2D eigenvalue weighted by atomic mass is 10.1. The van der Waals surface area contributed by atoms with Gasteiger partial charge >= 0.3 is 13.8 Å². The Morgan fingerprint density at radius 3 is 2.50 bits per heavy atom. The van der Waals surface area contributed by atoms with E-state index < -0.39 is 35.7 Å². The molecule has 4 N–H and O–H groups in total. The van der Waals surface area contributed by atoms with Crippen molar-refractivity contribution in [2.24, 2.45) is 5.73 Å². The van der Waals surface area contributed by atoms with Gasteiger partial charge in [0, 0.05) is 0 Å². The fourth-order valence-corrected chi connectivity index (χ4v) is 3.49. The largest absolute Gasteiger partial charge is 0.442 e. The molecule has 0 aromatic heterocycles. The summed E-state index contributed by atoms with van der Waals surface area (Å²) in [6.45, 7) is 0. The summed E-state index contributed by atoms with van der Waals surface area (Å²) in [6.07, 6.45) is -2.83. The zero-order valence-electron chi connectivity index (χ0n) is 12.1.